The maximum absolute atomic E-state index is 12.2. The van der Waals surface area contributed by atoms with Gasteiger partial charge in [0, 0.05) is 17.8 Å². The van der Waals surface area contributed by atoms with Gasteiger partial charge in [-0.05, 0) is 35.9 Å². The number of nitro groups is 1. The lowest BCUT2D eigenvalue weighted by Gasteiger charge is -2.05. The van der Waals surface area contributed by atoms with Crippen LogP contribution in [0.2, 0.25) is 0 Å². The van der Waals surface area contributed by atoms with Crippen molar-refractivity contribution in [3.8, 4) is 11.8 Å². The minimum atomic E-state index is -0.603. The molecular weight excluding hydrogens is 310 g/mol. The van der Waals surface area contributed by atoms with Gasteiger partial charge in [0.05, 0.1) is 12.0 Å². The second kappa shape index (κ2) is 7.56. The predicted octanol–water partition coefficient (Wildman–Crippen LogP) is 3.15. The van der Waals surface area contributed by atoms with Crippen molar-refractivity contribution in [2.75, 3.05) is 12.4 Å². The molecule has 2 rings (SSSR count). The summed E-state index contributed by atoms with van der Waals surface area (Å²) in [4.78, 5) is 22.4. The predicted molar refractivity (Wildman–Crippen MR) is 88.3 cm³/mol. The monoisotopic (exact) mass is 323 g/mol. The molecule has 1 amide bonds. The number of nitro benzene ring substituents is 1. The van der Waals surface area contributed by atoms with Crippen LogP contribution in [0.25, 0.3) is 6.08 Å². The first-order valence-electron chi connectivity index (χ1n) is 6.85. The molecule has 0 unspecified atom stereocenters. The Kier molecular flexibility index (Phi) is 5.26. The Morgan fingerprint density at radius 1 is 1.29 bits per heavy atom. The minimum Gasteiger partial charge on any atom is -0.497 e. The van der Waals surface area contributed by atoms with Gasteiger partial charge >= 0.3 is 0 Å². The van der Waals surface area contributed by atoms with Crippen LogP contribution in [0, 0.1) is 21.4 Å². The Morgan fingerprint density at radius 2 is 2.00 bits per heavy atom. The summed E-state index contributed by atoms with van der Waals surface area (Å²) >= 11 is 0. The summed E-state index contributed by atoms with van der Waals surface area (Å²) in [5.74, 6) is 0.0369. The van der Waals surface area contributed by atoms with Gasteiger partial charge in [0.25, 0.3) is 11.6 Å². The van der Waals surface area contributed by atoms with E-state index in [-0.39, 0.29) is 11.3 Å². The molecule has 0 aromatic heterocycles. The first kappa shape index (κ1) is 16.7. The molecule has 2 aromatic carbocycles. The third-order valence-corrected chi connectivity index (χ3v) is 3.10. The van der Waals surface area contributed by atoms with Crippen molar-refractivity contribution in [3.05, 3.63) is 69.8 Å². The van der Waals surface area contributed by atoms with E-state index in [4.69, 9.17) is 10.00 Å². The van der Waals surface area contributed by atoms with Gasteiger partial charge in [-0.25, -0.2) is 0 Å². The summed E-state index contributed by atoms with van der Waals surface area (Å²) in [5.41, 5.74) is 0.620. The van der Waals surface area contributed by atoms with Gasteiger partial charge in [-0.3, -0.25) is 14.9 Å². The molecular formula is C17H13N3O4. The van der Waals surface area contributed by atoms with E-state index in [1.165, 1.54) is 31.4 Å². The number of carbonyl (C=O) groups excluding carboxylic acids is 1. The third-order valence-electron chi connectivity index (χ3n) is 3.10. The van der Waals surface area contributed by atoms with E-state index in [2.05, 4.69) is 5.32 Å². The second-order valence-electron chi connectivity index (χ2n) is 4.70. The highest BCUT2D eigenvalue weighted by atomic mass is 16.6. The van der Waals surface area contributed by atoms with E-state index in [0.717, 1.165) is 0 Å². The molecule has 24 heavy (non-hydrogen) atoms. The van der Waals surface area contributed by atoms with Crippen LogP contribution in [-0.4, -0.2) is 17.9 Å². The number of nitrogens with one attached hydrogen (secondary N) is 1. The summed E-state index contributed by atoms with van der Waals surface area (Å²) in [6.45, 7) is 0. The smallest absolute Gasteiger partial charge is 0.270 e. The largest absolute Gasteiger partial charge is 0.497 e. The molecule has 2 aromatic rings. The molecule has 0 aliphatic heterocycles. The van der Waals surface area contributed by atoms with Crippen molar-refractivity contribution in [2.45, 2.75) is 0 Å². The van der Waals surface area contributed by atoms with Crippen molar-refractivity contribution >= 4 is 23.4 Å². The van der Waals surface area contributed by atoms with Crippen LogP contribution in [-0.2, 0) is 4.79 Å². The SMILES string of the molecule is COc1ccc(NC(=O)/C(C#N)=C\c2cccc([N+](=O)[O-])c2)cc1. The quantitative estimate of drug-likeness (QED) is 0.394. The average molecular weight is 323 g/mol. The molecule has 7 nitrogen and oxygen atoms in total. The Balaban J connectivity index is 2.20. The number of non-ortho nitro benzene ring substituents is 1. The van der Waals surface area contributed by atoms with Crippen molar-refractivity contribution in [2.24, 2.45) is 0 Å². The molecule has 0 atom stereocenters. The van der Waals surface area contributed by atoms with Crippen LogP contribution in [0.5, 0.6) is 5.75 Å². The molecule has 0 saturated heterocycles. The molecule has 0 bridgehead atoms. The number of amides is 1. The molecule has 0 saturated carbocycles. The Morgan fingerprint density at radius 3 is 2.58 bits per heavy atom. The van der Waals surface area contributed by atoms with E-state index < -0.39 is 10.8 Å². The Labute approximate surface area is 137 Å². The van der Waals surface area contributed by atoms with E-state index in [1.54, 1.807) is 36.4 Å². The molecule has 0 spiro atoms. The molecule has 0 heterocycles. The van der Waals surface area contributed by atoms with Crippen LogP contribution in [0.1, 0.15) is 5.56 Å². The average Bonchev–Trinajstić information content (AvgIpc) is 2.60. The molecule has 1 N–H and O–H groups in total. The summed E-state index contributed by atoms with van der Waals surface area (Å²) in [7, 11) is 1.53. The van der Waals surface area contributed by atoms with E-state index in [1.807, 2.05) is 0 Å². The van der Waals surface area contributed by atoms with Gasteiger partial charge in [-0.2, -0.15) is 5.26 Å². The van der Waals surface area contributed by atoms with Gasteiger partial charge < -0.3 is 10.1 Å². The number of nitrogens with zero attached hydrogens (tertiary/aromatic N) is 2. The van der Waals surface area contributed by atoms with Crippen LogP contribution >= 0.6 is 0 Å². The summed E-state index contributed by atoms with van der Waals surface area (Å²) < 4.78 is 5.02. The Bertz CT molecular complexity index is 836. The lowest BCUT2D eigenvalue weighted by molar-refractivity contribution is -0.384. The molecule has 0 fully saturated rings. The number of anilines is 1. The fourth-order valence-electron chi connectivity index (χ4n) is 1.92. The zero-order valence-corrected chi connectivity index (χ0v) is 12.7. The second-order valence-corrected chi connectivity index (χ2v) is 4.70. The van der Waals surface area contributed by atoms with Crippen LogP contribution in [0.3, 0.4) is 0 Å². The van der Waals surface area contributed by atoms with Gasteiger partial charge in [-0.15, -0.1) is 0 Å². The zero-order valence-electron chi connectivity index (χ0n) is 12.7. The fourth-order valence-corrected chi connectivity index (χ4v) is 1.92. The molecule has 120 valence electrons. The lowest BCUT2D eigenvalue weighted by Crippen LogP contribution is -2.13. The van der Waals surface area contributed by atoms with Crippen LogP contribution in [0.4, 0.5) is 11.4 Å². The molecule has 7 heteroatoms. The first-order chi connectivity index (χ1) is 11.5. The number of methoxy groups -OCH3 is 1. The number of carbonyl (C=O) groups is 1. The third kappa shape index (κ3) is 4.18. The normalized spacial score (nSPS) is 10.6. The number of nitriles is 1. The van der Waals surface area contributed by atoms with E-state index in [0.29, 0.717) is 17.0 Å². The fraction of sp³-hybridized carbons (Fsp3) is 0.0588. The molecule has 0 aliphatic carbocycles. The van der Waals surface area contributed by atoms with Gasteiger partial charge in [0.1, 0.15) is 17.4 Å². The summed E-state index contributed by atoms with van der Waals surface area (Å²) in [5, 5.41) is 22.5. The number of ether oxygens (including phenoxy) is 1. The molecule has 0 aliphatic rings. The maximum Gasteiger partial charge on any atom is 0.270 e. The van der Waals surface area contributed by atoms with Gasteiger partial charge in [0.2, 0.25) is 0 Å². The zero-order chi connectivity index (χ0) is 17.5. The highest BCUT2D eigenvalue weighted by Crippen LogP contribution is 2.18. The van der Waals surface area contributed by atoms with Crippen molar-refractivity contribution in [3.63, 3.8) is 0 Å². The number of hydrogen-bond acceptors (Lipinski definition) is 5. The van der Waals surface area contributed by atoms with Gasteiger partial charge in [-0.1, -0.05) is 12.1 Å². The number of hydrogen-bond donors (Lipinski definition) is 1. The summed E-state index contributed by atoms with van der Waals surface area (Å²) in [6.07, 6.45) is 1.30. The Hall–Kier alpha value is -3.66. The maximum atomic E-state index is 12.2. The minimum absolute atomic E-state index is 0.114. The standard InChI is InChI=1S/C17H13N3O4/c1-24-16-7-5-14(6-8-16)19-17(21)13(11-18)9-12-3-2-4-15(10-12)20(22)23/h2-10H,1H3,(H,19,21)/b13-9-. The molecule has 0 radical (unpaired) electrons. The highest BCUT2D eigenvalue weighted by Gasteiger charge is 2.11. The first-order valence-corrected chi connectivity index (χ1v) is 6.85. The van der Waals surface area contributed by atoms with E-state index in [9.17, 15) is 14.9 Å². The van der Waals surface area contributed by atoms with Crippen LogP contribution in [0.15, 0.2) is 54.1 Å². The number of rotatable bonds is 5. The topological polar surface area (TPSA) is 105 Å². The van der Waals surface area contributed by atoms with Crippen molar-refractivity contribution in [1.29, 1.82) is 5.26 Å². The highest BCUT2D eigenvalue weighted by molar-refractivity contribution is 6.09. The van der Waals surface area contributed by atoms with Gasteiger partial charge in [0.15, 0.2) is 0 Å². The van der Waals surface area contributed by atoms with Crippen molar-refractivity contribution in [1.82, 2.24) is 0 Å². The summed E-state index contributed by atoms with van der Waals surface area (Å²) in [6, 6.07) is 14.1. The van der Waals surface area contributed by atoms with E-state index >= 15 is 0 Å². The lowest BCUT2D eigenvalue weighted by atomic mass is 10.1. The number of benzene rings is 2. The van der Waals surface area contributed by atoms with Crippen molar-refractivity contribution < 1.29 is 14.5 Å². The van der Waals surface area contributed by atoms with Crippen LogP contribution < -0.4 is 10.1 Å².